The second kappa shape index (κ2) is 8.17. The Morgan fingerprint density at radius 2 is 1.80 bits per heavy atom. The molecule has 2 aromatic rings. The van der Waals surface area contributed by atoms with Gasteiger partial charge in [0.25, 0.3) is 5.91 Å². The average molecular weight is 357 g/mol. The van der Waals surface area contributed by atoms with Gasteiger partial charge in [0.05, 0.1) is 10.6 Å². The maximum absolute atomic E-state index is 12.2. The van der Waals surface area contributed by atoms with Crippen molar-refractivity contribution in [3.05, 3.63) is 64.2 Å². The van der Waals surface area contributed by atoms with Gasteiger partial charge in [-0.15, -0.1) is 0 Å². The molecule has 4 nitrogen and oxygen atoms in total. The van der Waals surface area contributed by atoms with Gasteiger partial charge in [0.1, 0.15) is 0 Å². The molecule has 2 aromatic carbocycles. The van der Waals surface area contributed by atoms with Crippen LogP contribution in [0.3, 0.4) is 0 Å². The van der Waals surface area contributed by atoms with Crippen LogP contribution in [0.4, 0.5) is 5.69 Å². The van der Waals surface area contributed by atoms with Crippen LogP contribution in [0.2, 0.25) is 5.02 Å². The van der Waals surface area contributed by atoms with Crippen LogP contribution in [0.1, 0.15) is 40.7 Å². The molecular formula is C20H21ClN2O2. The summed E-state index contributed by atoms with van der Waals surface area (Å²) in [7, 11) is 0. The molecule has 0 unspecified atom stereocenters. The summed E-state index contributed by atoms with van der Waals surface area (Å²) in [6.07, 6.45) is 4.67. The minimum atomic E-state index is -0.268. The molecule has 0 spiro atoms. The number of hydrogen-bond donors (Lipinski definition) is 2. The molecule has 0 heterocycles. The third-order valence-electron chi connectivity index (χ3n) is 4.43. The highest BCUT2D eigenvalue weighted by Gasteiger charge is 2.15. The lowest BCUT2D eigenvalue weighted by Gasteiger charge is -2.19. The Hall–Kier alpha value is -2.33. The summed E-state index contributed by atoms with van der Waals surface area (Å²) in [6.45, 7) is 0.269. The van der Waals surface area contributed by atoms with Gasteiger partial charge in [-0.3, -0.25) is 9.59 Å². The molecule has 0 aliphatic heterocycles. The van der Waals surface area contributed by atoms with E-state index in [1.54, 1.807) is 24.3 Å². The molecular weight excluding hydrogens is 336 g/mol. The second-order valence-corrected chi connectivity index (χ2v) is 6.59. The second-order valence-electron chi connectivity index (χ2n) is 6.18. The first-order chi connectivity index (χ1) is 12.1. The lowest BCUT2D eigenvalue weighted by molar-refractivity contribution is -0.116. The van der Waals surface area contributed by atoms with Crippen LogP contribution < -0.4 is 10.6 Å². The van der Waals surface area contributed by atoms with E-state index in [2.05, 4.69) is 16.7 Å². The standard InChI is InChI=1S/C20H21ClN2O2/c21-17-10-4-3-9-16(17)20(25)22-13-12-19(24)23-18-11-5-7-14-6-1-2-8-15(14)18/h3-5,7,9-11H,1-2,6,8,12-13H2,(H,22,25)(H,23,24). The number of halogens is 1. The Bertz CT molecular complexity index is 789. The zero-order chi connectivity index (χ0) is 17.6. The fraction of sp³-hybridized carbons (Fsp3) is 0.300. The van der Waals surface area contributed by atoms with Gasteiger partial charge >= 0.3 is 0 Å². The zero-order valence-electron chi connectivity index (χ0n) is 14.0. The Morgan fingerprint density at radius 3 is 2.64 bits per heavy atom. The van der Waals surface area contributed by atoms with Gasteiger partial charge in [0.2, 0.25) is 5.91 Å². The first-order valence-electron chi connectivity index (χ1n) is 8.58. The fourth-order valence-electron chi connectivity index (χ4n) is 3.14. The van der Waals surface area contributed by atoms with E-state index in [-0.39, 0.29) is 24.8 Å². The quantitative estimate of drug-likeness (QED) is 0.851. The molecule has 1 aliphatic rings. The number of carbonyl (C=O) groups is 2. The van der Waals surface area contributed by atoms with Crippen molar-refractivity contribution in [2.24, 2.45) is 0 Å². The molecule has 5 heteroatoms. The lowest BCUT2D eigenvalue weighted by atomic mass is 9.90. The summed E-state index contributed by atoms with van der Waals surface area (Å²) in [5.74, 6) is -0.367. The molecule has 0 aromatic heterocycles. The summed E-state index contributed by atoms with van der Waals surface area (Å²) < 4.78 is 0. The molecule has 0 atom stereocenters. The minimum Gasteiger partial charge on any atom is -0.351 e. The SMILES string of the molecule is O=C(CCNC(=O)c1ccccc1Cl)Nc1cccc2c1CCCC2. The van der Waals surface area contributed by atoms with Crippen molar-refractivity contribution in [3.63, 3.8) is 0 Å². The van der Waals surface area contributed by atoms with Crippen LogP contribution in [0.25, 0.3) is 0 Å². The maximum atomic E-state index is 12.2. The fourth-order valence-corrected chi connectivity index (χ4v) is 3.36. The largest absolute Gasteiger partial charge is 0.351 e. The number of anilines is 1. The summed E-state index contributed by atoms with van der Waals surface area (Å²) in [5, 5.41) is 6.12. The molecule has 25 heavy (non-hydrogen) atoms. The van der Waals surface area contributed by atoms with Crippen LogP contribution in [-0.4, -0.2) is 18.4 Å². The van der Waals surface area contributed by atoms with Crippen LogP contribution >= 0.6 is 11.6 Å². The van der Waals surface area contributed by atoms with E-state index in [9.17, 15) is 9.59 Å². The molecule has 3 rings (SSSR count). The van der Waals surface area contributed by atoms with E-state index in [0.29, 0.717) is 10.6 Å². The Balaban J connectivity index is 1.52. The molecule has 130 valence electrons. The Labute approximate surface area is 152 Å². The molecule has 1 aliphatic carbocycles. The molecule has 0 fully saturated rings. The van der Waals surface area contributed by atoms with Crippen molar-refractivity contribution in [2.45, 2.75) is 32.1 Å². The third-order valence-corrected chi connectivity index (χ3v) is 4.76. The summed E-state index contributed by atoms with van der Waals surface area (Å²) >= 11 is 6.00. The van der Waals surface area contributed by atoms with Crippen molar-refractivity contribution in [1.29, 1.82) is 0 Å². The molecule has 0 saturated carbocycles. The smallest absolute Gasteiger partial charge is 0.252 e. The number of hydrogen-bond acceptors (Lipinski definition) is 2. The van der Waals surface area contributed by atoms with Crippen LogP contribution in [0.5, 0.6) is 0 Å². The topological polar surface area (TPSA) is 58.2 Å². The normalized spacial score (nSPS) is 13.0. The highest BCUT2D eigenvalue weighted by molar-refractivity contribution is 6.33. The van der Waals surface area contributed by atoms with Gasteiger partial charge in [-0.25, -0.2) is 0 Å². The summed E-state index contributed by atoms with van der Waals surface area (Å²) in [4.78, 5) is 24.3. The summed E-state index contributed by atoms with van der Waals surface area (Å²) in [6, 6.07) is 12.9. The predicted octanol–water partition coefficient (Wildman–Crippen LogP) is 3.98. The van der Waals surface area contributed by atoms with E-state index in [4.69, 9.17) is 11.6 Å². The van der Waals surface area contributed by atoms with Crippen molar-refractivity contribution >= 4 is 29.1 Å². The van der Waals surface area contributed by atoms with Crippen molar-refractivity contribution < 1.29 is 9.59 Å². The van der Waals surface area contributed by atoms with E-state index in [0.717, 1.165) is 24.9 Å². The number of aryl methyl sites for hydroxylation is 1. The number of carbonyl (C=O) groups excluding carboxylic acids is 2. The molecule has 0 saturated heterocycles. The van der Waals surface area contributed by atoms with Crippen LogP contribution in [0, 0.1) is 0 Å². The van der Waals surface area contributed by atoms with Crippen LogP contribution in [-0.2, 0) is 17.6 Å². The maximum Gasteiger partial charge on any atom is 0.252 e. The number of nitrogens with one attached hydrogen (secondary N) is 2. The lowest BCUT2D eigenvalue weighted by Crippen LogP contribution is -2.28. The number of rotatable bonds is 5. The van der Waals surface area contributed by atoms with Gasteiger partial charge in [0.15, 0.2) is 0 Å². The van der Waals surface area contributed by atoms with E-state index in [1.165, 1.54) is 17.5 Å². The monoisotopic (exact) mass is 356 g/mol. The summed E-state index contributed by atoms with van der Waals surface area (Å²) in [5.41, 5.74) is 3.90. The minimum absolute atomic E-state index is 0.0987. The van der Waals surface area contributed by atoms with Crippen LogP contribution in [0.15, 0.2) is 42.5 Å². The highest BCUT2D eigenvalue weighted by Crippen LogP contribution is 2.27. The Kier molecular flexibility index (Phi) is 5.71. The highest BCUT2D eigenvalue weighted by atomic mass is 35.5. The van der Waals surface area contributed by atoms with Gasteiger partial charge in [-0.2, -0.15) is 0 Å². The Morgan fingerprint density at radius 1 is 1.00 bits per heavy atom. The molecule has 2 amide bonds. The van der Waals surface area contributed by atoms with E-state index >= 15 is 0 Å². The first-order valence-corrected chi connectivity index (χ1v) is 8.96. The van der Waals surface area contributed by atoms with Gasteiger partial charge in [-0.1, -0.05) is 35.9 Å². The zero-order valence-corrected chi connectivity index (χ0v) is 14.7. The third kappa shape index (κ3) is 4.40. The van der Waals surface area contributed by atoms with Crippen molar-refractivity contribution in [2.75, 3.05) is 11.9 Å². The molecule has 0 bridgehead atoms. The average Bonchev–Trinajstić information content (AvgIpc) is 2.62. The number of amides is 2. The van der Waals surface area contributed by atoms with E-state index < -0.39 is 0 Å². The van der Waals surface area contributed by atoms with Crippen molar-refractivity contribution in [3.8, 4) is 0 Å². The molecule has 2 N–H and O–H groups in total. The predicted molar refractivity (Wildman–Crippen MR) is 100 cm³/mol. The van der Waals surface area contributed by atoms with Gasteiger partial charge in [0, 0.05) is 18.7 Å². The van der Waals surface area contributed by atoms with Crippen molar-refractivity contribution in [1.82, 2.24) is 5.32 Å². The molecule has 0 radical (unpaired) electrons. The number of benzene rings is 2. The number of fused-ring (bicyclic) bond motifs is 1. The van der Waals surface area contributed by atoms with Gasteiger partial charge in [-0.05, 0) is 55.0 Å². The van der Waals surface area contributed by atoms with Gasteiger partial charge < -0.3 is 10.6 Å². The van der Waals surface area contributed by atoms with E-state index in [1.807, 2.05) is 12.1 Å². The first kappa shape index (κ1) is 17.5.